The van der Waals surface area contributed by atoms with E-state index in [2.05, 4.69) is 20.3 Å². The normalized spacial score (nSPS) is 22.4. The number of aromatic nitrogens is 6. The van der Waals surface area contributed by atoms with E-state index in [-0.39, 0.29) is 42.9 Å². The number of fused-ring (bicyclic) bond motifs is 1. The van der Waals surface area contributed by atoms with Gasteiger partial charge in [-0.15, -0.1) is 5.10 Å². The van der Waals surface area contributed by atoms with Crippen LogP contribution in [0.3, 0.4) is 0 Å². The van der Waals surface area contributed by atoms with Crippen molar-refractivity contribution in [3.05, 3.63) is 41.2 Å². The van der Waals surface area contributed by atoms with Gasteiger partial charge in [0.15, 0.2) is 5.82 Å². The van der Waals surface area contributed by atoms with Crippen molar-refractivity contribution >= 4 is 5.97 Å². The number of halogens is 1. The molecule has 0 amide bonds. The second-order valence-electron chi connectivity index (χ2n) is 9.82. The Morgan fingerprint density at radius 3 is 2.82 bits per heavy atom. The zero-order valence-corrected chi connectivity index (χ0v) is 21.6. The molecule has 0 saturated heterocycles. The number of rotatable bonds is 10. The Kier molecular flexibility index (Phi) is 7.50. The van der Waals surface area contributed by atoms with Gasteiger partial charge in [-0.1, -0.05) is 5.21 Å². The van der Waals surface area contributed by atoms with E-state index in [9.17, 15) is 14.3 Å². The highest BCUT2D eigenvalue weighted by Crippen LogP contribution is 2.48. The lowest BCUT2D eigenvalue weighted by Crippen LogP contribution is -2.21. The van der Waals surface area contributed by atoms with Crippen molar-refractivity contribution < 1.29 is 28.5 Å². The molecule has 5 rings (SSSR count). The van der Waals surface area contributed by atoms with E-state index in [1.165, 1.54) is 0 Å². The quantitative estimate of drug-likeness (QED) is 0.418. The Hall–Kier alpha value is -3.67. The van der Waals surface area contributed by atoms with Crippen LogP contribution in [0.4, 0.5) is 4.39 Å². The summed E-state index contributed by atoms with van der Waals surface area (Å²) in [4.78, 5) is 24.3. The third-order valence-electron chi connectivity index (χ3n) is 7.48. The van der Waals surface area contributed by atoms with Gasteiger partial charge in [-0.05, 0) is 63.5 Å². The largest absolute Gasteiger partial charge is 0.489 e. The van der Waals surface area contributed by atoms with Crippen LogP contribution in [0.2, 0.25) is 0 Å². The maximum atomic E-state index is 13.9. The average Bonchev–Trinajstić information content (AvgIpc) is 3.58. The molecular weight excluding hydrogens is 495 g/mol. The van der Waals surface area contributed by atoms with Crippen molar-refractivity contribution in [3.63, 3.8) is 0 Å². The molecule has 38 heavy (non-hydrogen) atoms. The number of carboxylic acid groups (broad SMARTS) is 1. The van der Waals surface area contributed by atoms with Crippen LogP contribution in [0, 0.1) is 30.5 Å². The van der Waals surface area contributed by atoms with E-state index in [0.29, 0.717) is 41.1 Å². The van der Waals surface area contributed by atoms with E-state index in [0.717, 1.165) is 31.9 Å². The van der Waals surface area contributed by atoms with Gasteiger partial charge in [0.1, 0.15) is 29.4 Å². The van der Waals surface area contributed by atoms with Gasteiger partial charge in [-0.2, -0.15) is 4.98 Å². The lowest BCUT2D eigenvalue weighted by molar-refractivity contribution is -0.143. The smallest absolute Gasteiger partial charge is 0.317 e. The molecule has 2 saturated carbocycles. The molecule has 3 aromatic rings. The monoisotopic (exact) mass is 526 g/mol. The molecule has 2 aliphatic rings. The fourth-order valence-corrected chi connectivity index (χ4v) is 5.55. The summed E-state index contributed by atoms with van der Waals surface area (Å²) in [6, 6.07) is 3.70. The average molecular weight is 527 g/mol. The lowest BCUT2D eigenvalue weighted by Gasteiger charge is -2.18. The molecule has 3 aromatic heterocycles. The minimum absolute atomic E-state index is 0.0118. The molecule has 2 fully saturated rings. The molecule has 3 heterocycles. The summed E-state index contributed by atoms with van der Waals surface area (Å²) in [6.45, 7) is 4.20. The summed E-state index contributed by atoms with van der Waals surface area (Å²) in [7, 11) is 1.74. The summed E-state index contributed by atoms with van der Waals surface area (Å²) in [5.74, 6) is -0.235. The molecule has 202 valence electrons. The third kappa shape index (κ3) is 5.31. The number of hydrogen-bond acceptors (Lipinski definition) is 9. The first-order valence-electron chi connectivity index (χ1n) is 12.8. The van der Waals surface area contributed by atoms with Crippen LogP contribution in [0.1, 0.15) is 49.7 Å². The molecule has 2 aliphatic carbocycles. The van der Waals surface area contributed by atoms with E-state index >= 15 is 0 Å². The molecule has 1 N–H and O–H groups in total. The number of nitrogens with zero attached hydrogens (tertiary/aromatic N) is 6. The van der Waals surface area contributed by atoms with Gasteiger partial charge in [-0.3, -0.25) is 4.79 Å². The Balaban J connectivity index is 1.27. The summed E-state index contributed by atoms with van der Waals surface area (Å²) >= 11 is 0. The first-order valence-corrected chi connectivity index (χ1v) is 12.8. The summed E-state index contributed by atoms with van der Waals surface area (Å²) < 4.78 is 32.8. The van der Waals surface area contributed by atoms with Gasteiger partial charge < -0.3 is 19.3 Å². The standard InChI is InChI=1S/C26H31FN6O5/c1-4-36-12-21-19(27)11-28-26(30-21)37-13-22-24(31-32-33(22)3)20-7-8-23(14(2)29-20)38-16-9-15-5-6-17(25(34)35)18(15)10-16/h7-8,11,15-18H,4-6,9-10,12-13H2,1-3H3,(H,34,35). The summed E-state index contributed by atoms with van der Waals surface area (Å²) in [6.07, 6.45) is 4.39. The fraction of sp³-hybridized carbons (Fsp3) is 0.538. The topological polar surface area (TPSA) is 134 Å². The van der Waals surface area contributed by atoms with Crippen LogP contribution >= 0.6 is 0 Å². The number of carboxylic acids is 1. The fourth-order valence-electron chi connectivity index (χ4n) is 5.55. The van der Waals surface area contributed by atoms with Crippen LogP contribution in [0.25, 0.3) is 11.4 Å². The first-order chi connectivity index (χ1) is 18.3. The molecule has 11 nitrogen and oxygen atoms in total. The second-order valence-corrected chi connectivity index (χ2v) is 9.82. The Labute approximate surface area is 219 Å². The predicted molar refractivity (Wildman–Crippen MR) is 132 cm³/mol. The zero-order chi connectivity index (χ0) is 26.8. The van der Waals surface area contributed by atoms with Crippen molar-refractivity contribution in [2.75, 3.05) is 6.61 Å². The highest BCUT2D eigenvalue weighted by molar-refractivity contribution is 5.71. The van der Waals surface area contributed by atoms with Crippen LogP contribution in [-0.2, 0) is 29.8 Å². The van der Waals surface area contributed by atoms with E-state index in [1.807, 2.05) is 26.0 Å². The summed E-state index contributed by atoms with van der Waals surface area (Å²) in [5.41, 5.74) is 2.62. The predicted octanol–water partition coefficient (Wildman–Crippen LogP) is 3.50. The first kappa shape index (κ1) is 26.0. The highest BCUT2D eigenvalue weighted by Gasteiger charge is 2.47. The Bertz CT molecular complexity index is 1320. The minimum Gasteiger partial charge on any atom is -0.489 e. The Morgan fingerprint density at radius 2 is 2.05 bits per heavy atom. The van der Waals surface area contributed by atoms with Gasteiger partial charge in [0.25, 0.3) is 0 Å². The Morgan fingerprint density at radius 1 is 1.21 bits per heavy atom. The van der Waals surface area contributed by atoms with Crippen molar-refractivity contribution in [1.82, 2.24) is 29.9 Å². The van der Waals surface area contributed by atoms with Gasteiger partial charge >= 0.3 is 12.0 Å². The van der Waals surface area contributed by atoms with Crippen LogP contribution in [0.15, 0.2) is 18.3 Å². The van der Waals surface area contributed by atoms with Gasteiger partial charge in [0, 0.05) is 13.7 Å². The van der Waals surface area contributed by atoms with Crippen LogP contribution < -0.4 is 9.47 Å². The molecule has 0 radical (unpaired) electrons. The molecule has 0 bridgehead atoms. The van der Waals surface area contributed by atoms with Crippen molar-refractivity contribution in [3.8, 4) is 23.1 Å². The number of ether oxygens (including phenoxy) is 3. The number of carbonyl (C=O) groups is 1. The van der Waals surface area contributed by atoms with Gasteiger partial charge in [0.05, 0.1) is 36.2 Å². The SMILES string of the molecule is CCOCc1nc(OCc2c(-c3ccc(OC4CC5CCC(C(=O)O)C5C4)c(C)n3)nnn2C)ncc1F. The van der Waals surface area contributed by atoms with Gasteiger partial charge in [0.2, 0.25) is 0 Å². The third-order valence-corrected chi connectivity index (χ3v) is 7.48. The molecular formula is C26H31FN6O5. The molecule has 0 spiro atoms. The van der Waals surface area contributed by atoms with Crippen molar-refractivity contribution in [2.45, 2.75) is 58.8 Å². The zero-order valence-electron chi connectivity index (χ0n) is 21.6. The molecule has 4 unspecified atom stereocenters. The van der Waals surface area contributed by atoms with Crippen LogP contribution in [0.5, 0.6) is 11.8 Å². The molecule has 4 atom stereocenters. The van der Waals surface area contributed by atoms with Gasteiger partial charge in [-0.25, -0.2) is 19.0 Å². The van der Waals surface area contributed by atoms with E-state index in [1.54, 1.807) is 11.7 Å². The number of hydrogen-bond donors (Lipinski definition) is 1. The maximum Gasteiger partial charge on any atom is 0.317 e. The molecule has 0 aliphatic heterocycles. The molecule has 0 aromatic carbocycles. The number of aliphatic carboxylic acids is 1. The number of pyridine rings is 1. The lowest BCUT2D eigenvalue weighted by atomic mass is 9.92. The van der Waals surface area contributed by atoms with E-state index in [4.69, 9.17) is 19.2 Å². The van der Waals surface area contributed by atoms with Crippen LogP contribution in [-0.4, -0.2) is 53.7 Å². The van der Waals surface area contributed by atoms with Crippen molar-refractivity contribution in [1.29, 1.82) is 0 Å². The summed E-state index contributed by atoms with van der Waals surface area (Å²) in [5, 5.41) is 17.9. The second kappa shape index (κ2) is 11.0. The molecule has 12 heteroatoms. The highest BCUT2D eigenvalue weighted by atomic mass is 19.1. The van der Waals surface area contributed by atoms with E-state index < -0.39 is 11.8 Å². The van der Waals surface area contributed by atoms with Crippen molar-refractivity contribution in [2.24, 2.45) is 24.8 Å². The maximum absolute atomic E-state index is 13.9. The minimum atomic E-state index is -0.693. The number of aryl methyl sites for hydroxylation is 2.